The minimum Gasteiger partial charge on any atom is -0.368 e. The summed E-state index contributed by atoms with van der Waals surface area (Å²) in [7, 11) is 0. The molecule has 1 heterocycles. The first-order valence-electron chi connectivity index (χ1n) is 4.38. The highest BCUT2D eigenvalue weighted by Crippen LogP contribution is 2.31. The molecule has 0 amide bonds. The van der Waals surface area contributed by atoms with Crippen molar-refractivity contribution in [2.24, 2.45) is 0 Å². The molecule has 0 aliphatic carbocycles. The highest BCUT2D eigenvalue weighted by Gasteiger charge is 2.22. The average Bonchev–Trinajstić information content (AvgIpc) is 2.01. The van der Waals surface area contributed by atoms with Crippen molar-refractivity contribution in [2.45, 2.75) is 33.1 Å². The molecule has 0 aliphatic rings. The molecule has 0 fully saturated rings. The van der Waals surface area contributed by atoms with E-state index in [-0.39, 0.29) is 11.4 Å². The van der Waals surface area contributed by atoms with Crippen molar-refractivity contribution < 1.29 is 0 Å². The Balaban J connectivity index is 3.50. The maximum atomic E-state index is 7.08. The van der Waals surface area contributed by atoms with Gasteiger partial charge in [0.15, 0.2) is 0 Å². The maximum Gasteiger partial charge on any atom is 0.229 e. The third-order valence-electron chi connectivity index (χ3n) is 1.90. The number of nitrogens with zero attached hydrogens (tertiary/aromatic N) is 3. The number of rotatable bonds is 0. The smallest absolute Gasteiger partial charge is 0.229 e. The summed E-state index contributed by atoms with van der Waals surface area (Å²) in [6.07, 6.45) is 0. The van der Waals surface area contributed by atoms with Crippen LogP contribution in [0.5, 0.6) is 0 Å². The molecule has 0 unspecified atom stereocenters. The molecule has 0 spiro atoms. The molecule has 1 aromatic rings. The van der Waals surface area contributed by atoms with E-state index in [4.69, 9.17) is 12.3 Å². The van der Waals surface area contributed by atoms with Gasteiger partial charge in [0.1, 0.15) is 0 Å². The van der Waals surface area contributed by atoms with Crippen LogP contribution in [0.4, 0.5) is 11.6 Å². The van der Waals surface area contributed by atoms with Gasteiger partial charge in [0.05, 0.1) is 18.0 Å². The molecular formula is C10H14N4. The first-order valence-corrected chi connectivity index (χ1v) is 4.38. The van der Waals surface area contributed by atoms with E-state index in [0.29, 0.717) is 11.4 Å². The second-order valence-electron chi connectivity index (χ2n) is 4.23. The van der Waals surface area contributed by atoms with Crippen molar-refractivity contribution in [1.82, 2.24) is 9.97 Å². The lowest BCUT2D eigenvalue weighted by Crippen LogP contribution is -2.16. The summed E-state index contributed by atoms with van der Waals surface area (Å²) < 4.78 is 0. The largest absolute Gasteiger partial charge is 0.368 e. The minimum absolute atomic E-state index is 0.179. The van der Waals surface area contributed by atoms with Gasteiger partial charge in [-0.05, 0) is 12.3 Å². The zero-order valence-electron chi connectivity index (χ0n) is 8.92. The Morgan fingerprint density at radius 1 is 1.29 bits per heavy atom. The van der Waals surface area contributed by atoms with Gasteiger partial charge in [0, 0.05) is 0 Å². The molecule has 0 bridgehead atoms. The highest BCUT2D eigenvalue weighted by atomic mass is 15.0. The number of nitrogens with two attached hydrogens (primary N) is 1. The topological polar surface area (TPSA) is 56.2 Å². The van der Waals surface area contributed by atoms with Crippen LogP contribution in [0, 0.1) is 13.5 Å². The van der Waals surface area contributed by atoms with Crippen molar-refractivity contribution in [3.63, 3.8) is 0 Å². The Kier molecular flexibility index (Phi) is 2.43. The van der Waals surface area contributed by atoms with E-state index >= 15 is 0 Å². The second kappa shape index (κ2) is 3.26. The molecular weight excluding hydrogens is 176 g/mol. The summed E-state index contributed by atoms with van der Waals surface area (Å²) >= 11 is 0. The Morgan fingerprint density at radius 2 is 1.86 bits per heavy atom. The summed E-state index contributed by atoms with van der Waals surface area (Å²) in [6, 6.07) is 0. The van der Waals surface area contributed by atoms with Gasteiger partial charge in [0.25, 0.3) is 0 Å². The quantitative estimate of drug-likeness (QED) is 0.638. The lowest BCUT2D eigenvalue weighted by molar-refractivity contribution is 0.570. The first-order chi connectivity index (χ1) is 6.36. The monoisotopic (exact) mass is 190 g/mol. The SMILES string of the molecule is [C-]#[N+]c1c(C)nc(N)nc1C(C)(C)C. The Labute approximate surface area is 84.0 Å². The zero-order valence-corrected chi connectivity index (χ0v) is 8.92. The van der Waals surface area contributed by atoms with Gasteiger partial charge >= 0.3 is 0 Å². The number of hydrogen-bond donors (Lipinski definition) is 1. The van der Waals surface area contributed by atoms with Crippen molar-refractivity contribution in [3.8, 4) is 0 Å². The maximum absolute atomic E-state index is 7.08. The molecule has 0 saturated heterocycles. The van der Waals surface area contributed by atoms with Crippen LogP contribution in [0.1, 0.15) is 32.2 Å². The zero-order chi connectivity index (χ0) is 10.9. The summed E-state index contributed by atoms with van der Waals surface area (Å²) in [6.45, 7) is 14.9. The fraction of sp³-hybridized carbons (Fsp3) is 0.500. The fourth-order valence-electron chi connectivity index (χ4n) is 1.25. The van der Waals surface area contributed by atoms with Crippen LogP contribution in [-0.2, 0) is 5.41 Å². The van der Waals surface area contributed by atoms with Gasteiger partial charge in [-0.15, -0.1) is 0 Å². The molecule has 0 aromatic carbocycles. The van der Waals surface area contributed by atoms with Crippen LogP contribution < -0.4 is 5.73 Å². The molecule has 1 aromatic heterocycles. The molecule has 0 radical (unpaired) electrons. The van der Waals surface area contributed by atoms with E-state index in [2.05, 4.69) is 14.8 Å². The lowest BCUT2D eigenvalue weighted by Gasteiger charge is -2.20. The normalized spacial score (nSPS) is 11.1. The van der Waals surface area contributed by atoms with E-state index in [1.54, 1.807) is 6.92 Å². The van der Waals surface area contributed by atoms with Crippen molar-refractivity contribution in [2.75, 3.05) is 5.73 Å². The average molecular weight is 190 g/mol. The van der Waals surface area contributed by atoms with E-state index in [9.17, 15) is 0 Å². The van der Waals surface area contributed by atoms with Crippen molar-refractivity contribution in [1.29, 1.82) is 0 Å². The number of aryl methyl sites for hydroxylation is 1. The molecule has 0 saturated carbocycles. The minimum atomic E-state index is -0.179. The summed E-state index contributed by atoms with van der Waals surface area (Å²) in [4.78, 5) is 11.5. The predicted molar refractivity (Wildman–Crippen MR) is 56.1 cm³/mol. The molecule has 1 rings (SSSR count). The molecule has 74 valence electrons. The van der Waals surface area contributed by atoms with E-state index in [0.717, 1.165) is 5.69 Å². The fourth-order valence-corrected chi connectivity index (χ4v) is 1.25. The Bertz CT molecular complexity index is 396. The molecule has 2 N–H and O–H groups in total. The lowest BCUT2D eigenvalue weighted by atomic mass is 9.90. The van der Waals surface area contributed by atoms with Crippen molar-refractivity contribution >= 4 is 11.6 Å². The number of hydrogen-bond acceptors (Lipinski definition) is 3. The van der Waals surface area contributed by atoms with Crippen LogP contribution in [0.15, 0.2) is 0 Å². The van der Waals surface area contributed by atoms with Crippen LogP contribution in [-0.4, -0.2) is 9.97 Å². The number of nitrogen functional groups attached to an aromatic ring is 1. The summed E-state index contributed by atoms with van der Waals surface area (Å²) in [5, 5.41) is 0. The Hall–Kier alpha value is -1.63. The highest BCUT2D eigenvalue weighted by molar-refractivity contribution is 5.56. The van der Waals surface area contributed by atoms with Crippen molar-refractivity contribution in [3.05, 3.63) is 22.8 Å². The van der Waals surface area contributed by atoms with Crippen LogP contribution in [0.3, 0.4) is 0 Å². The van der Waals surface area contributed by atoms with Gasteiger partial charge in [-0.2, -0.15) is 0 Å². The number of anilines is 1. The molecule has 4 nitrogen and oxygen atoms in total. The molecule has 14 heavy (non-hydrogen) atoms. The number of aromatic nitrogens is 2. The summed E-state index contributed by atoms with van der Waals surface area (Å²) in [5.74, 6) is 0.236. The van der Waals surface area contributed by atoms with E-state index < -0.39 is 0 Å². The third kappa shape index (κ3) is 1.82. The molecule has 0 atom stereocenters. The second-order valence-corrected chi connectivity index (χ2v) is 4.23. The van der Waals surface area contributed by atoms with Gasteiger partial charge in [-0.25, -0.2) is 14.8 Å². The molecule has 4 heteroatoms. The third-order valence-corrected chi connectivity index (χ3v) is 1.90. The van der Waals surface area contributed by atoms with Gasteiger partial charge in [-0.3, -0.25) is 0 Å². The summed E-state index contributed by atoms with van der Waals surface area (Å²) in [5.41, 5.74) is 7.27. The first kappa shape index (κ1) is 10.5. The predicted octanol–water partition coefficient (Wildman–Crippen LogP) is 2.22. The molecule has 0 aliphatic heterocycles. The van der Waals surface area contributed by atoms with Crippen LogP contribution >= 0.6 is 0 Å². The standard InChI is InChI=1S/C10H14N4/c1-6-7(12-5)8(10(2,3)4)14-9(11)13-6/h1-4H3,(H2,11,13,14). The van der Waals surface area contributed by atoms with Gasteiger partial charge in [0.2, 0.25) is 11.6 Å². The van der Waals surface area contributed by atoms with Gasteiger partial charge < -0.3 is 5.73 Å². The van der Waals surface area contributed by atoms with E-state index in [1.807, 2.05) is 20.8 Å². The van der Waals surface area contributed by atoms with Crippen LogP contribution in [0.2, 0.25) is 0 Å². The Morgan fingerprint density at radius 3 is 2.29 bits per heavy atom. The van der Waals surface area contributed by atoms with Gasteiger partial charge in [-0.1, -0.05) is 20.8 Å². The van der Waals surface area contributed by atoms with E-state index in [1.165, 1.54) is 0 Å². The van der Waals surface area contributed by atoms with Crippen LogP contribution in [0.25, 0.3) is 4.85 Å².